The number of para-hydroxylation sites is 1. The fourth-order valence-corrected chi connectivity index (χ4v) is 2.90. The van der Waals surface area contributed by atoms with Crippen molar-refractivity contribution in [3.8, 4) is 5.75 Å². The van der Waals surface area contributed by atoms with Crippen LogP contribution in [0.15, 0.2) is 24.3 Å². The normalized spacial score (nSPS) is 22.8. The number of amides is 1. The van der Waals surface area contributed by atoms with Gasteiger partial charge in [0.1, 0.15) is 5.75 Å². The van der Waals surface area contributed by atoms with Crippen LogP contribution in [0.3, 0.4) is 0 Å². The molecule has 118 valence electrons. The Kier molecular flexibility index (Phi) is 6.99. The van der Waals surface area contributed by atoms with Gasteiger partial charge in [0.05, 0.1) is 13.2 Å². The zero-order valence-electron chi connectivity index (χ0n) is 12.7. The molecule has 1 amide bonds. The standard InChI is InChI=1S/C16H24N2O2.ClH/c1-11(14-8-3-4-9-15(14)20-2)18-16(19)12-6-5-7-13(17)10-12;/h3-4,8-9,11-13H,5-7,10,17H2,1-2H3,(H,18,19);1H. The molecule has 0 aliphatic heterocycles. The van der Waals surface area contributed by atoms with Gasteiger partial charge in [-0.3, -0.25) is 4.79 Å². The molecular weight excluding hydrogens is 288 g/mol. The van der Waals surface area contributed by atoms with Gasteiger partial charge >= 0.3 is 0 Å². The molecule has 3 N–H and O–H groups in total. The highest BCUT2D eigenvalue weighted by atomic mass is 35.5. The van der Waals surface area contributed by atoms with Crippen molar-refractivity contribution in [2.45, 2.75) is 44.7 Å². The van der Waals surface area contributed by atoms with Gasteiger partial charge < -0.3 is 15.8 Å². The Morgan fingerprint density at radius 3 is 2.76 bits per heavy atom. The zero-order chi connectivity index (χ0) is 14.5. The third-order valence-electron chi connectivity index (χ3n) is 4.05. The minimum atomic E-state index is -0.0585. The second kappa shape index (κ2) is 8.25. The van der Waals surface area contributed by atoms with Crippen molar-refractivity contribution in [1.29, 1.82) is 0 Å². The van der Waals surface area contributed by atoms with Gasteiger partial charge in [-0.1, -0.05) is 24.6 Å². The SMILES string of the molecule is COc1ccccc1C(C)NC(=O)C1CCCC(N)C1.Cl. The van der Waals surface area contributed by atoms with Crippen molar-refractivity contribution in [3.05, 3.63) is 29.8 Å². The summed E-state index contributed by atoms with van der Waals surface area (Å²) < 4.78 is 5.34. The zero-order valence-corrected chi connectivity index (χ0v) is 13.5. The summed E-state index contributed by atoms with van der Waals surface area (Å²) in [5, 5.41) is 3.09. The molecule has 1 aliphatic carbocycles. The second-order valence-electron chi connectivity index (χ2n) is 5.60. The van der Waals surface area contributed by atoms with Crippen LogP contribution >= 0.6 is 12.4 Å². The molecule has 1 fully saturated rings. The lowest BCUT2D eigenvalue weighted by Crippen LogP contribution is -2.38. The molecule has 1 saturated carbocycles. The number of hydrogen-bond acceptors (Lipinski definition) is 3. The van der Waals surface area contributed by atoms with Crippen molar-refractivity contribution in [1.82, 2.24) is 5.32 Å². The number of rotatable bonds is 4. The van der Waals surface area contributed by atoms with Crippen LogP contribution in [0.2, 0.25) is 0 Å². The highest BCUT2D eigenvalue weighted by Gasteiger charge is 2.26. The molecular formula is C16H25ClN2O2. The lowest BCUT2D eigenvalue weighted by molar-refractivity contribution is -0.126. The predicted molar refractivity (Wildman–Crippen MR) is 86.7 cm³/mol. The van der Waals surface area contributed by atoms with Crippen LogP contribution in [0, 0.1) is 5.92 Å². The fraction of sp³-hybridized carbons (Fsp3) is 0.562. The first kappa shape index (κ1) is 17.8. The van der Waals surface area contributed by atoms with Gasteiger partial charge in [-0.2, -0.15) is 0 Å². The molecule has 0 bridgehead atoms. The molecule has 0 spiro atoms. The number of nitrogens with one attached hydrogen (secondary N) is 1. The maximum absolute atomic E-state index is 12.3. The minimum Gasteiger partial charge on any atom is -0.496 e. The third kappa shape index (κ3) is 4.61. The quantitative estimate of drug-likeness (QED) is 0.898. The fourth-order valence-electron chi connectivity index (χ4n) is 2.90. The topological polar surface area (TPSA) is 64.3 Å². The Morgan fingerprint density at radius 1 is 1.38 bits per heavy atom. The van der Waals surface area contributed by atoms with E-state index in [1.807, 2.05) is 31.2 Å². The molecule has 21 heavy (non-hydrogen) atoms. The van der Waals surface area contributed by atoms with Crippen molar-refractivity contribution in [2.24, 2.45) is 11.7 Å². The van der Waals surface area contributed by atoms with Crippen LogP contribution in [-0.4, -0.2) is 19.1 Å². The summed E-state index contributed by atoms with van der Waals surface area (Å²) in [5.41, 5.74) is 6.95. The number of nitrogens with two attached hydrogens (primary N) is 1. The van der Waals surface area contributed by atoms with Crippen molar-refractivity contribution in [3.63, 3.8) is 0 Å². The number of methoxy groups -OCH3 is 1. The van der Waals surface area contributed by atoms with E-state index in [-0.39, 0.29) is 36.3 Å². The van der Waals surface area contributed by atoms with Gasteiger partial charge in [-0.25, -0.2) is 0 Å². The predicted octanol–water partition coefficient (Wildman–Crippen LogP) is 2.81. The minimum absolute atomic E-state index is 0. The number of carbonyl (C=O) groups excluding carboxylic acids is 1. The van der Waals surface area contributed by atoms with E-state index in [0.717, 1.165) is 37.0 Å². The molecule has 1 aliphatic rings. The van der Waals surface area contributed by atoms with Crippen LogP contribution in [0.1, 0.15) is 44.2 Å². The lowest BCUT2D eigenvalue weighted by Gasteiger charge is -2.27. The van der Waals surface area contributed by atoms with Crippen LogP contribution in [0.5, 0.6) is 5.75 Å². The summed E-state index contributed by atoms with van der Waals surface area (Å²) in [7, 11) is 1.65. The van der Waals surface area contributed by atoms with E-state index in [9.17, 15) is 4.79 Å². The van der Waals surface area contributed by atoms with E-state index in [1.54, 1.807) is 7.11 Å². The van der Waals surface area contributed by atoms with Crippen molar-refractivity contribution in [2.75, 3.05) is 7.11 Å². The summed E-state index contributed by atoms with van der Waals surface area (Å²) in [6.07, 6.45) is 3.82. The summed E-state index contributed by atoms with van der Waals surface area (Å²) >= 11 is 0. The number of halogens is 1. The Labute approximate surface area is 132 Å². The highest BCUT2D eigenvalue weighted by Crippen LogP contribution is 2.27. The van der Waals surface area contributed by atoms with Crippen molar-refractivity contribution < 1.29 is 9.53 Å². The Bertz CT molecular complexity index is 467. The first-order valence-corrected chi connectivity index (χ1v) is 7.30. The van der Waals surface area contributed by atoms with E-state index in [0.29, 0.717) is 0 Å². The second-order valence-corrected chi connectivity index (χ2v) is 5.60. The van der Waals surface area contributed by atoms with Crippen LogP contribution in [0.4, 0.5) is 0 Å². The smallest absolute Gasteiger partial charge is 0.223 e. The summed E-state index contributed by atoms with van der Waals surface area (Å²) in [4.78, 5) is 12.3. The molecule has 0 aromatic heterocycles. The number of benzene rings is 1. The van der Waals surface area contributed by atoms with E-state index >= 15 is 0 Å². The van der Waals surface area contributed by atoms with Gasteiger partial charge in [-0.15, -0.1) is 12.4 Å². The summed E-state index contributed by atoms with van der Waals surface area (Å²) in [5.74, 6) is 0.968. The largest absolute Gasteiger partial charge is 0.496 e. The molecule has 1 aromatic rings. The third-order valence-corrected chi connectivity index (χ3v) is 4.05. The van der Waals surface area contributed by atoms with Crippen LogP contribution < -0.4 is 15.8 Å². The molecule has 0 saturated heterocycles. The highest BCUT2D eigenvalue weighted by molar-refractivity contribution is 5.85. The Balaban J connectivity index is 0.00000220. The summed E-state index contributed by atoms with van der Waals surface area (Å²) in [6.45, 7) is 1.98. The maximum atomic E-state index is 12.3. The van der Waals surface area contributed by atoms with E-state index < -0.39 is 0 Å². The molecule has 3 atom stereocenters. The first-order chi connectivity index (χ1) is 9.61. The number of ether oxygens (including phenoxy) is 1. The van der Waals surface area contributed by atoms with Gasteiger partial charge in [0.15, 0.2) is 0 Å². The van der Waals surface area contributed by atoms with Gasteiger partial charge in [-0.05, 0) is 32.3 Å². The van der Waals surface area contributed by atoms with E-state index in [4.69, 9.17) is 10.5 Å². The molecule has 4 nitrogen and oxygen atoms in total. The molecule has 0 heterocycles. The molecule has 3 unspecified atom stereocenters. The lowest BCUT2D eigenvalue weighted by atomic mass is 9.85. The van der Waals surface area contributed by atoms with E-state index in [1.165, 1.54) is 0 Å². The molecule has 2 rings (SSSR count). The Morgan fingerprint density at radius 2 is 2.10 bits per heavy atom. The number of hydrogen-bond donors (Lipinski definition) is 2. The average molecular weight is 313 g/mol. The van der Waals surface area contributed by atoms with Crippen molar-refractivity contribution >= 4 is 18.3 Å². The molecule has 1 aromatic carbocycles. The van der Waals surface area contributed by atoms with Gasteiger partial charge in [0.2, 0.25) is 5.91 Å². The Hall–Kier alpha value is -1.26. The summed E-state index contributed by atoms with van der Waals surface area (Å²) in [6, 6.07) is 7.89. The van der Waals surface area contributed by atoms with E-state index in [2.05, 4.69) is 5.32 Å². The molecule has 5 heteroatoms. The number of carbonyl (C=O) groups is 1. The van der Waals surface area contributed by atoms with Gasteiger partial charge in [0, 0.05) is 17.5 Å². The van der Waals surface area contributed by atoms with Gasteiger partial charge in [0.25, 0.3) is 0 Å². The monoisotopic (exact) mass is 312 g/mol. The maximum Gasteiger partial charge on any atom is 0.223 e. The average Bonchev–Trinajstić information content (AvgIpc) is 2.47. The van der Waals surface area contributed by atoms with Crippen LogP contribution in [-0.2, 0) is 4.79 Å². The first-order valence-electron chi connectivity index (χ1n) is 7.30. The molecule has 0 radical (unpaired) electrons. The van der Waals surface area contributed by atoms with Crippen LogP contribution in [0.25, 0.3) is 0 Å².